The molecule has 26 heavy (non-hydrogen) atoms. The number of methoxy groups -OCH3 is 1. The zero-order valence-electron chi connectivity index (χ0n) is 14.0. The van der Waals surface area contributed by atoms with E-state index >= 15 is 0 Å². The van der Waals surface area contributed by atoms with Gasteiger partial charge in [-0.15, -0.1) is 5.10 Å². The van der Waals surface area contributed by atoms with Gasteiger partial charge in [0, 0.05) is 11.6 Å². The Bertz CT molecular complexity index is 1170. The summed E-state index contributed by atoms with van der Waals surface area (Å²) in [5, 5.41) is 8.97. The third-order valence-electron chi connectivity index (χ3n) is 4.04. The lowest BCUT2D eigenvalue weighted by atomic mass is 10.2. The van der Waals surface area contributed by atoms with E-state index in [2.05, 4.69) is 25.2 Å². The van der Waals surface area contributed by atoms with Crippen molar-refractivity contribution in [1.29, 1.82) is 0 Å². The van der Waals surface area contributed by atoms with Crippen molar-refractivity contribution in [3.8, 4) is 0 Å². The standard InChI is InChI=1S/C18H16N6O2/c1-26-15(23-21-9-12-5-3-2-4-6-12)11-24-14-10-20-17-13(7-8-19-17)16(14)22-18(24)25/h2-10H,11H2,1H3,(H,19,20)(H,22,25)/b21-9+,23-15-. The predicted octanol–water partition coefficient (Wildman–Crippen LogP) is 2.28. The van der Waals surface area contributed by atoms with Crippen LogP contribution in [0, 0.1) is 0 Å². The Morgan fingerprint density at radius 2 is 2.15 bits per heavy atom. The van der Waals surface area contributed by atoms with Crippen LogP contribution in [0.4, 0.5) is 0 Å². The molecule has 0 aliphatic heterocycles. The number of aromatic nitrogens is 4. The van der Waals surface area contributed by atoms with Crippen LogP contribution in [-0.4, -0.2) is 38.7 Å². The Kier molecular flexibility index (Phi) is 4.06. The van der Waals surface area contributed by atoms with E-state index in [1.54, 1.807) is 18.6 Å². The average molecular weight is 348 g/mol. The summed E-state index contributed by atoms with van der Waals surface area (Å²) in [6.07, 6.45) is 5.06. The molecule has 0 amide bonds. The van der Waals surface area contributed by atoms with E-state index in [1.807, 2.05) is 36.4 Å². The van der Waals surface area contributed by atoms with Crippen molar-refractivity contribution < 1.29 is 4.74 Å². The summed E-state index contributed by atoms with van der Waals surface area (Å²) in [6, 6.07) is 11.5. The number of hydrogen-bond acceptors (Lipinski definition) is 5. The number of hydrogen-bond donors (Lipinski definition) is 2. The van der Waals surface area contributed by atoms with Crippen molar-refractivity contribution in [2.24, 2.45) is 10.2 Å². The number of nitrogens with zero attached hydrogens (tertiary/aromatic N) is 4. The van der Waals surface area contributed by atoms with Crippen LogP contribution < -0.4 is 5.69 Å². The van der Waals surface area contributed by atoms with Crippen molar-refractivity contribution in [1.82, 2.24) is 19.5 Å². The van der Waals surface area contributed by atoms with Crippen LogP contribution in [-0.2, 0) is 11.3 Å². The first-order chi connectivity index (χ1) is 12.8. The quantitative estimate of drug-likeness (QED) is 0.336. The molecular weight excluding hydrogens is 332 g/mol. The van der Waals surface area contributed by atoms with Crippen molar-refractivity contribution >= 4 is 34.2 Å². The van der Waals surface area contributed by atoms with E-state index in [4.69, 9.17) is 4.74 Å². The van der Waals surface area contributed by atoms with Crippen LogP contribution in [0.2, 0.25) is 0 Å². The lowest BCUT2D eigenvalue weighted by Gasteiger charge is -2.04. The second-order valence-corrected chi connectivity index (χ2v) is 5.63. The molecule has 8 heteroatoms. The normalized spacial score (nSPS) is 12.4. The van der Waals surface area contributed by atoms with Crippen LogP contribution in [0.3, 0.4) is 0 Å². The van der Waals surface area contributed by atoms with Gasteiger partial charge in [-0.3, -0.25) is 4.57 Å². The summed E-state index contributed by atoms with van der Waals surface area (Å²) < 4.78 is 6.80. The molecule has 0 radical (unpaired) electrons. The third-order valence-corrected chi connectivity index (χ3v) is 4.04. The summed E-state index contributed by atoms with van der Waals surface area (Å²) in [7, 11) is 1.50. The Balaban J connectivity index is 1.66. The lowest BCUT2D eigenvalue weighted by molar-refractivity contribution is 0.383. The maximum Gasteiger partial charge on any atom is 0.327 e. The minimum atomic E-state index is -0.257. The van der Waals surface area contributed by atoms with Gasteiger partial charge in [-0.1, -0.05) is 30.3 Å². The summed E-state index contributed by atoms with van der Waals surface area (Å²) >= 11 is 0. The zero-order chi connectivity index (χ0) is 17.9. The van der Waals surface area contributed by atoms with Crippen molar-refractivity contribution in [2.75, 3.05) is 7.11 Å². The predicted molar refractivity (Wildman–Crippen MR) is 101 cm³/mol. The SMILES string of the molecule is CO/C(Cn1c(=O)[nH]c2c3cc[nH]c3ncc21)=N\N=C\c1ccccc1. The molecule has 3 aromatic heterocycles. The Hall–Kier alpha value is -3.68. The number of ether oxygens (including phenoxy) is 1. The number of pyridine rings is 1. The molecule has 0 aliphatic rings. The van der Waals surface area contributed by atoms with Crippen LogP contribution in [0.15, 0.2) is 63.8 Å². The van der Waals surface area contributed by atoms with Gasteiger partial charge in [0.25, 0.3) is 0 Å². The highest BCUT2D eigenvalue weighted by Gasteiger charge is 2.13. The minimum absolute atomic E-state index is 0.152. The van der Waals surface area contributed by atoms with Crippen molar-refractivity contribution in [3.63, 3.8) is 0 Å². The highest BCUT2D eigenvalue weighted by molar-refractivity contribution is 6.01. The van der Waals surface area contributed by atoms with Gasteiger partial charge in [-0.2, -0.15) is 5.10 Å². The highest BCUT2D eigenvalue weighted by atomic mass is 16.5. The summed E-state index contributed by atoms with van der Waals surface area (Å²) in [5.74, 6) is 0.314. The van der Waals surface area contributed by atoms with Crippen LogP contribution in [0.25, 0.3) is 22.1 Å². The molecule has 2 N–H and O–H groups in total. The van der Waals surface area contributed by atoms with E-state index in [9.17, 15) is 4.79 Å². The van der Waals surface area contributed by atoms with Gasteiger partial charge in [-0.05, 0) is 11.6 Å². The molecule has 8 nitrogen and oxygen atoms in total. The molecule has 3 heterocycles. The molecule has 0 saturated carbocycles. The molecule has 1 aromatic carbocycles. The van der Waals surface area contributed by atoms with Gasteiger partial charge in [0.2, 0.25) is 5.90 Å². The number of nitrogens with one attached hydrogen (secondary N) is 2. The number of fused-ring (bicyclic) bond motifs is 3. The molecule has 0 aliphatic carbocycles. The number of imidazole rings is 1. The van der Waals surface area contributed by atoms with Crippen molar-refractivity contribution in [2.45, 2.75) is 6.54 Å². The lowest BCUT2D eigenvalue weighted by Crippen LogP contribution is -2.22. The summed E-state index contributed by atoms with van der Waals surface area (Å²) in [6.45, 7) is 0.152. The smallest absolute Gasteiger partial charge is 0.327 e. The fourth-order valence-electron chi connectivity index (χ4n) is 2.75. The van der Waals surface area contributed by atoms with Gasteiger partial charge in [0.1, 0.15) is 12.2 Å². The fourth-order valence-corrected chi connectivity index (χ4v) is 2.75. The first-order valence-electron chi connectivity index (χ1n) is 8.00. The molecule has 0 unspecified atom stereocenters. The van der Waals surface area contributed by atoms with Crippen LogP contribution in [0.1, 0.15) is 5.56 Å². The highest BCUT2D eigenvalue weighted by Crippen LogP contribution is 2.19. The van der Waals surface area contributed by atoms with Gasteiger partial charge in [-0.25, -0.2) is 9.78 Å². The number of aromatic amines is 2. The van der Waals surface area contributed by atoms with E-state index in [-0.39, 0.29) is 12.2 Å². The largest absolute Gasteiger partial charge is 0.482 e. The van der Waals surface area contributed by atoms with Gasteiger partial charge in [0.15, 0.2) is 0 Å². The molecule has 4 rings (SSSR count). The molecular formula is C18H16N6O2. The van der Waals surface area contributed by atoms with Crippen LogP contribution in [0.5, 0.6) is 0 Å². The van der Waals surface area contributed by atoms with Gasteiger partial charge in [0.05, 0.1) is 30.6 Å². The number of H-pyrrole nitrogens is 2. The molecule has 0 bridgehead atoms. The number of rotatable bonds is 4. The second-order valence-electron chi connectivity index (χ2n) is 5.63. The van der Waals surface area contributed by atoms with E-state index < -0.39 is 0 Å². The third kappa shape index (κ3) is 2.88. The zero-order valence-corrected chi connectivity index (χ0v) is 14.0. The van der Waals surface area contributed by atoms with E-state index in [0.717, 1.165) is 22.1 Å². The Labute approximate surface area is 147 Å². The molecule has 0 spiro atoms. The molecule has 130 valence electrons. The number of benzene rings is 1. The topological polar surface area (TPSA) is 100 Å². The van der Waals surface area contributed by atoms with E-state index in [0.29, 0.717) is 11.4 Å². The molecule has 0 atom stereocenters. The van der Waals surface area contributed by atoms with Gasteiger partial charge < -0.3 is 14.7 Å². The minimum Gasteiger partial charge on any atom is -0.482 e. The maximum atomic E-state index is 12.4. The van der Waals surface area contributed by atoms with Crippen molar-refractivity contribution in [3.05, 3.63) is 64.8 Å². The second kappa shape index (κ2) is 6.67. The Morgan fingerprint density at radius 3 is 2.96 bits per heavy atom. The monoisotopic (exact) mass is 348 g/mol. The molecule has 4 aromatic rings. The first-order valence-corrected chi connectivity index (χ1v) is 8.00. The summed E-state index contributed by atoms with van der Waals surface area (Å²) in [5.41, 5.74) is 2.80. The fraction of sp³-hybridized carbons (Fsp3) is 0.111. The summed E-state index contributed by atoms with van der Waals surface area (Å²) in [4.78, 5) is 22.6. The van der Waals surface area contributed by atoms with Crippen LogP contribution >= 0.6 is 0 Å². The molecule has 0 fully saturated rings. The first kappa shape index (κ1) is 15.8. The maximum absolute atomic E-state index is 12.4. The molecule has 0 saturated heterocycles. The van der Waals surface area contributed by atoms with Gasteiger partial charge >= 0.3 is 5.69 Å². The average Bonchev–Trinajstić information content (AvgIpc) is 3.26. The Morgan fingerprint density at radius 1 is 1.31 bits per heavy atom. The van der Waals surface area contributed by atoms with E-state index in [1.165, 1.54) is 11.7 Å².